The zero-order valence-electron chi connectivity index (χ0n) is 12.5. The van der Waals surface area contributed by atoms with Crippen LogP contribution in [0.25, 0.3) is 42.3 Å². The van der Waals surface area contributed by atoms with Gasteiger partial charge in [-0.3, -0.25) is 9.97 Å². The first-order valence-electron chi connectivity index (χ1n) is 7.62. The average Bonchev–Trinajstić information content (AvgIpc) is 3.00. The van der Waals surface area contributed by atoms with E-state index in [9.17, 15) is 0 Å². The van der Waals surface area contributed by atoms with Gasteiger partial charge in [-0.15, -0.1) is 11.3 Å². The summed E-state index contributed by atoms with van der Waals surface area (Å²) in [6, 6.07) is 19.4. The molecular formula is C20H11BrN2S. The van der Waals surface area contributed by atoms with Gasteiger partial charge in [-0.2, -0.15) is 0 Å². The Bertz CT molecular complexity index is 1230. The molecule has 0 fully saturated rings. The zero-order valence-corrected chi connectivity index (χ0v) is 14.9. The fourth-order valence-corrected chi connectivity index (χ4v) is 4.72. The summed E-state index contributed by atoms with van der Waals surface area (Å²) in [5.74, 6) is 0. The van der Waals surface area contributed by atoms with Crippen molar-refractivity contribution in [3.05, 3.63) is 71.5 Å². The SMILES string of the molecule is Brc1ccc(-c2ccc3c(c2)sc2ccccc23)c2nccnc12. The number of aromatic nitrogens is 2. The van der Waals surface area contributed by atoms with E-state index in [1.807, 2.05) is 17.4 Å². The summed E-state index contributed by atoms with van der Waals surface area (Å²) in [7, 11) is 0. The van der Waals surface area contributed by atoms with Gasteiger partial charge in [0.25, 0.3) is 0 Å². The molecule has 0 aliphatic heterocycles. The second-order valence-electron chi connectivity index (χ2n) is 5.66. The lowest BCUT2D eigenvalue weighted by Gasteiger charge is -2.07. The molecule has 24 heavy (non-hydrogen) atoms. The summed E-state index contributed by atoms with van der Waals surface area (Å²) in [5.41, 5.74) is 4.10. The number of rotatable bonds is 1. The lowest BCUT2D eigenvalue weighted by atomic mass is 10.0. The molecule has 0 saturated heterocycles. The lowest BCUT2D eigenvalue weighted by molar-refractivity contribution is 1.29. The smallest absolute Gasteiger partial charge is 0.103 e. The predicted molar refractivity (Wildman–Crippen MR) is 106 cm³/mol. The minimum atomic E-state index is 0.895. The minimum absolute atomic E-state index is 0.895. The van der Waals surface area contributed by atoms with E-state index in [1.165, 1.54) is 25.7 Å². The third-order valence-corrected chi connectivity index (χ3v) is 6.04. The number of hydrogen-bond donors (Lipinski definition) is 0. The molecule has 2 nitrogen and oxygen atoms in total. The van der Waals surface area contributed by atoms with Gasteiger partial charge in [0.2, 0.25) is 0 Å². The zero-order chi connectivity index (χ0) is 16.1. The molecule has 0 radical (unpaired) electrons. The Balaban J connectivity index is 1.81. The van der Waals surface area contributed by atoms with Gasteiger partial charge in [-0.1, -0.05) is 36.4 Å². The highest BCUT2D eigenvalue weighted by Crippen LogP contribution is 2.38. The van der Waals surface area contributed by atoms with Crippen molar-refractivity contribution in [2.45, 2.75) is 0 Å². The van der Waals surface area contributed by atoms with Gasteiger partial charge in [-0.05, 0) is 39.7 Å². The van der Waals surface area contributed by atoms with Crippen LogP contribution in [0, 0.1) is 0 Å². The Kier molecular flexibility index (Phi) is 3.15. The average molecular weight is 391 g/mol. The van der Waals surface area contributed by atoms with Crippen LogP contribution in [0.2, 0.25) is 0 Å². The Morgan fingerprint density at radius 1 is 0.750 bits per heavy atom. The van der Waals surface area contributed by atoms with Crippen molar-refractivity contribution in [3.8, 4) is 11.1 Å². The van der Waals surface area contributed by atoms with Gasteiger partial charge in [0, 0.05) is 42.6 Å². The molecule has 0 amide bonds. The summed E-state index contributed by atoms with van der Waals surface area (Å²) in [6.07, 6.45) is 3.47. The number of halogens is 1. The normalized spacial score (nSPS) is 11.5. The molecule has 0 N–H and O–H groups in total. The maximum Gasteiger partial charge on any atom is 0.103 e. The molecule has 0 atom stereocenters. The van der Waals surface area contributed by atoms with Crippen LogP contribution in [0.3, 0.4) is 0 Å². The van der Waals surface area contributed by atoms with Gasteiger partial charge in [0.1, 0.15) is 5.52 Å². The van der Waals surface area contributed by atoms with Crippen molar-refractivity contribution in [2.75, 3.05) is 0 Å². The van der Waals surface area contributed by atoms with Crippen molar-refractivity contribution in [1.29, 1.82) is 0 Å². The van der Waals surface area contributed by atoms with Crippen LogP contribution >= 0.6 is 27.3 Å². The van der Waals surface area contributed by atoms with E-state index in [2.05, 4.69) is 74.4 Å². The third-order valence-electron chi connectivity index (χ3n) is 4.27. The Morgan fingerprint density at radius 3 is 2.46 bits per heavy atom. The van der Waals surface area contributed by atoms with E-state index in [0.717, 1.165) is 21.1 Å². The van der Waals surface area contributed by atoms with Gasteiger partial charge in [-0.25, -0.2) is 0 Å². The number of thiophene rings is 1. The number of hydrogen-bond acceptors (Lipinski definition) is 3. The minimum Gasteiger partial charge on any atom is -0.252 e. The quantitative estimate of drug-likeness (QED) is 0.329. The fraction of sp³-hybridized carbons (Fsp3) is 0. The van der Waals surface area contributed by atoms with Gasteiger partial charge < -0.3 is 0 Å². The number of fused-ring (bicyclic) bond motifs is 4. The van der Waals surface area contributed by atoms with E-state index in [0.29, 0.717) is 0 Å². The van der Waals surface area contributed by atoms with Crippen molar-refractivity contribution in [1.82, 2.24) is 9.97 Å². The Labute approximate surface area is 150 Å². The fourth-order valence-electron chi connectivity index (χ4n) is 3.15. The van der Waals surface area contributed by atoms with Crippen molar-refractivity contribution in [3.63, 3.8) is 0 Å². The van der Waals surface area contributed by atoms with E-state index < -0.39 is 0 Å². The molecule has 2 aromatic heterocycles. The van der Waals surface area contributed by atoms with Crippen LogP contribution in [-0.2, 0) is 0 Å². The Morgan fingerprint density at radius 2 is 1.54 bits per heavy atom. The van der Waals surface area contributed by atoms with Crippen LogP contribution in [-0.4, -0.2) is 9.97 Å². The number of nitrogens with zero attached hydrogens (tertiary/aromatic N) is 2. The number of benzene rings is 3. The molecule has 0 spiro atoms. The van der Waals surface area contributed by atoms with Crippen molar-refractivity contribution in [2.24, 2.45) is 0 Å². The molecule has 2 heterocycles. The van der Waals surface area contributed by atoms with Gasteiger partial charge >= 0.3 is 0 Å². The molecule has 4 heteroatoms. The molecule has 5 aromatic rings. The summed E-state index contributed by atoms with van der Waals surface area (Å²) in [5, 5.41) is 2.64. The molecule has 0 bridgehead atoms. The molecule has 0 aliphatic rings. The third kappa shape index (κ3) is 2.07. The van der Waals surface area contributed by atoms with Gasteiger partial charge in [0.05, 0.1) is 5.52 Å². The van der Waals surface area contributed by atoms with Crippen molar-refractivity contribution >= 4 is 58.5 Å². The highest BCUT2D eigenvalue weighted by Gasteiger charge is 2.11. The second kappa shape index (κ2) is 5.36. The van der Waals surface area contributed by atoms with Crippen LogP contribution in [0.15, 0.2) is 71.5 Å². The summed E-state index contributed by atoms with van der Waals surface area (Å²) in [4.78, 5) is 9.01. The van der Waals surface area contributed by atoms with Gasteiger partial charge in [0.15, 0.2) is 0 Å². The van der Waals surface area contributed by atoms with Crippen LogP contribution in [0.1, 0.15) is 0 Å². The molecule has 3 aromatic carbocycles. The van der Waals surface area contributed by atoms with Crippen molar-refractivity contribution < 1.29 is 0 Å². The first kappa shape index (κ1) is 14.1. The summed E-state index contributed by atoms with van der Waals surface area (Å²) in [6.45, 7) is 0. The van der Waals surface area contributed by atoms with E-state index in [1.54, 1.807) is 12.4 Å². The molecule has 0 aliphatic carbocycles. The largest absolute Gasteiger partial charge is 0.252 e. The lowest BCUT2D eigenvalue weighted by Crippen LogP contribution is -1.88. The van der Waals surface area contributed by atoms with Crippen LogP contribution < -0.4 is 0 Å². The van der Waals surface area contributed by atoms with Crippen LogP contribution in [0.5, 0.6) is 0 Å². The molecule has 114 valence electrons. The molecule has 0 unspecified atom stereocenters. The standard InChI is InChI=1S/C20H11BrN2S/c21-16-8-7-13(19-20(16)23-10-9-22-19)12-5-6-15-14-3-1-2-4-17(14)24-18(15)11-12/h1-11H. The maximum absolute atomic E-state index is 4.55. The highest BCUT2D eigenvalue weighted by molar-refractivity contribution is 9.10. The van der Waals surface area contributed by atoms with E-state index in [-0.39, 0.29) is 0 Å². The summed E-state index contributed by atoms with van der Waals surface area (Å²) >= 11 is 5.40. The highest BCUT2D eigenvalue weighted by atomic mass is 79.9. The molecule has 0 saturated carbocycles. The monoisotopic (exact) mass is 390 g/mol. The second-order valence-corrected chi connectivity index (χ2v) is 7.60. The maximum atomic E-state index is 4.55. The first-order valence-corrected chi connectivity index (χ1v) is 9.23. The first-order chi connectivity index (χ1) is 11.8. The van der Waals surface area contributed by atoms with E-state index in [4.69, 9.17) is 0 Å². The summed E-state index contributed by atoms with van der Waals surface area (Å²) < 4.78 is 3.59. The molecule has 5 rings (SSSR count). The predicted octanol–water partition coefficient (Wildman–Crippen LogP) is 6.43. The Hall–Kier alpha value is -2.30. The van der Waals surface area contributed by atoms with Crippen LogP contribution in [0.4, 0.5) is 0 Å². The van der Waals surface area contributed by atoms with E-state index >= 15 is 0 Å². The topological polar surface area (TPSA) is 25.8 Å². The molecular weight excluding hydrogens is 380 g/mol.